The number of amides is 1. The van der Waals surface area contributed by atoms with Crippen LogP contribution >= 0.6 is 15.9 Å². The average Bonchev–Trinajstić information content (AvgIpc) is 3.16. The summed E-state index contributed by atoms with van der Waals surface area (Å²) in [5.74, 6) is 0.143. The number of nitrogens with zero attached hydrogens (tertiary/aromatic N) is 2. The van der Waals surface area contributed by atoms with Crippen molar-refractivity contribution in [2.45, 2.75) is 44.7 Å². The monoisotopic (exact) mass is 361 g/mol. The van der Waals surface area contributed by atoms with Crippen LogP contribution in [0.1, 0.15) is 38.6 Å². The smallest absolute Gasteiger partial charge is 0.219 e. The predicted octanol–water partition coefficient (Wildman–Crippen LogP) is 3.93. The second-order valence-corrected chi connectivity index (χ2v) is 6.69. The predicted molar refractivity (Wildman–Crippen MR) is 90.5 cm³/mol. The van der Waals surface area contributed by atoms with E-state index in [4.69, 9.17) is 0 Å². The molecule has 2 unspecified atom stereocenters. The van der Waals surface area contributed by atoms with Crippen molar-refractivity contribution in [3.05, 3.63) is 41.3 Å². The summed E-state index contributed by atoms with van der Waals surface area (Å²) in [5.41, 5.74) is 2.31. The Labute approximate surface area is 139 Å². The summed E-state index contributed by atoms with van der Waals surface area (Å²) in [5, 5.41) is 3.11. The molecule has 0 aliphatic heterocycles. The fourth-order valence-electron chi connectivity index (χ4n) is 3.11. The molecule has 1 N–H and O–H groups in total. The Morgan fingerprint density at radius 2 is 2.14 bits per heavy atom. The molecule has 0 radical (unpaired) electrons. The summed E-state index contributed by atoms with van der Waals surface area (Å²) in [6.45, 7) is 1.89. The van der Waals surface area contributed by atoms with Crippen molar-refractivity contribution in [3.63, 3.8) is 0 Å². The van der Waals surface area contributed by atoms with Gasteiger partial charge >= 0.3 is 0 Å². The van der Waals surface area contributed by atoms with E-state index in [-0.39, 0.29) is 11.9 Å². The highest BCUT2D eigenvalue weighted by Gasteiger charge is 2.28. The Balaban J connectivity index is 1.75. The molecule has 1 heterocycles. The van der Waals surface area contributed by atoms with Crippen molar-refractivity contribution in [2.24, 2.45) is 0 Å². The number of carbonyl (C=O) groups is 1. The Morgan fingerprint density at radius 1 is 1.36 bits per heavy atom. The first-order valence-electron chi connectivity index (χ1n) is 7.74. The number of benzene rings is 1. The van der Waals surface area contributed by atoms with Gasteiger partial charge < -0.3 is 9.88 Å². The van der Waals surface area contributed by atoms with Gasteiger partial charge in [0.2, 0.25) is 5.91 Å². The largest absolute Gasteiger partial charge is 0.353 e. The van der Waals surface area contributed by atoms with Gasteiger partial charge in [-0.25, -0.2) is 4.98 Å². The third-order valence-corrected chi connectivity index (χ3v) is 4.82. The highest BCUT2D eigenvalue weighted by atomic mass is 79.9. The lowest BCUT2D eigenvalue weighted by Gasteiger charge is -2.17. The molecule has 1 fully saturated rings. The Kier molecular flexibility index (Phi) is 4.62. The molecule has 1 aromatic carbocycles. The van der Waals surface area contributed by atoms with E-state index in [1.807, 2.05) is 31.6 Å². The van der Waals surface area contributed by atoms with Crippen molar-refractivity contribution >= 4 is 21.8 Å². The van der Waals surface area contributed by atoms with Gasteiger partial charge in [-0.15, -0.1) is 0 Å². The molecule has 1 aromatic heterocycles. The zero-order chi connectivity index (χ0) is 15.5. The van der Waals surface area contributed by atoms with Crippen LogP contribution in [0.5, 0.6) is 0 Å². The van der Waals surface area contributed by atoms with Gasteiger partial charge in [0, 0.05) is 23.0 Å². The summed E-state index contributed by atoms with van der Waals surface area (Å²) < 4.78 is 3.33. The van der Waals surface area contributed by atoms with Crippen molar-refractivity contribution in [3.8, 4) is 11.3 Å². The highest BCUT2D eigenvalue weighted by molar-refractivity contribution is 9.10. The molecule has 1 saturated carbocycles. The number of hydrogen-bond acceptors (Lipinski definition) is 2. The normalized spacial score (nSPS) is 21.0. The van der Waals surface area contributed by atoms with Gasteiger partial charge in [-0.3, -0.25) is 4.79 Å². The zero-order valence-corrected chi connectivity index (χ0v) is 14.2. The first-order valence-corrected chi connectivity index (χ1v) is 8.53. The van der Waals surface area contributed by atoms with Gasteiger partial charge in [-0.2, -0.15) is 0 Å². The van der Waals surface area contributed by atoms with E-state index in [9.17, 15) is 4.79 Å². The van der Waals surface area contributed by atoms with Gasteiger partial charge in [0.1, 0.15) is 0 Å². The van der Waals surface area contributed by atoms with Gasteiger partial charge in [-0.1, -0.05) is 35.0 Å². The summed E-state index contributed by atoms with van der Waals surface area (Å²) in [6, 6.07) is 8.99. The lowest BCUT2D eigenvalue weighted by molar-refractivity contribution is -0.121. The topological polar surface area (TPSA) is 46.9 Å². The lowest BCUT2D eigenvalue weighted by Crippen LogP contribution is -2.32. The van der Waals surface area contributed by atoms with Crippen molar-refractivity contribution in [1.82, 2.24) is 14.9 Å². The van der Waals surface area contributed by atoms with Crippen molar-refractivity contribution in [1.29, 1.82) is 0 Å². The summed E-state index contributed by atoms with van der Waals surface area (Å²) in [4.78, 5) is 15.9. The van der Waals surface area contributed by atoms with E-state index in [1.165, 1.54) is 5.56 Å². The molecule has 5 heteroatoms. The number of rotatable bonds is 4. The Morgan fingerprint density at radius 3 is 2.86 bits per heavy atom. The molecular weight excluding hydrogens is 342 g/mol. The molecule has 2 aromatic rings. The maximum Gasteiger partial charge on any atom is 0.219 e. The number of hydrogen-bond donors (Lipinski definition) is 1. The quantitative estimate of drug-likeness (QED) is 0.896. The third-order valence-electron chi connectivity index (χ3n) is 4.29. The van der Waals surface area contributed by atoms with Crippen LogP contribution in [-0.4, -0.2) is 21.5 Å². The minimum absolute atomic E-state index is 0.143. The molecule has 0 bridgehead atoms. The summed E-state index contributed by atoms with van der Waals surface area (Å²) in [7, 11) is 0. The van der Waals surface area contributed by atoms with Gasteiger partial charge in [0.25, 0.3) is 0 Å². The molecule has 22 heavy (non-hydrogen) atoms. The zero-order valence-electron chi connectivity index (χ0n) is 12.6. The van der Waals surface area contributed by atoms with Crippen LogP contribution in [0.25, 0.3) is 11.3 Å². The Hall–Kier alpha value is -1.62. The van der Waals surface area contributed by atoms with Crippen LogP contribution in [0.4, 0.5) is 0 Å². The van der Waals surface area contributed by atoms with Crippen LogP contribution in [-0.2, 0) is 4.79 Å². The number of nitrogens with one attached hydrogen (secondary N) is 1. The molecule has 1 amide bonds. The standard InChI is InChI=1S/C17H20BrN3O/c1-2-17(22)20-14-7-8-15(9-14)21-11-19-10-16(21)12-3-5-13(18)6-4-12/h3-6,10-11,14-15H,2,7-9H2,1H3,(H,20,22). The second kappa shape index (κ2) is 6.65. The van der Waals surface area contributed by atoms with Gasteiger partial charge in [-0.05, 0) is 37.0 Å². The summed E-state index contributed by atoms with van der Waals surface area (Å²) >= 11 is 3.47. The van der Waals surface area contributed by atoms with E-state index in [0.29, 0.717) is 12.5 Å². The van der Waals surface area contributed by atoms with Crippen LogP contribution in [0, 0.1) is 0 Å². The highest BCUT2D eigenvalue weighted by Crippen LogP contribution is 2.34. The van der Waals surface area contributed by atoms with Crippen molar-refractivity contribution in [2.75, 3.05) is 0 Å². The molecule has 116 valence electrons. The first-order chi connectivity index (χ1) is 10.7. The molecule has 0 spiro atoms. The fraction of sp³-hybridized carbons (Fsp3) is 0.412. The minimum atomic E-state index is 0.143. The minimum Gasteiger partial charge on any atom is -0.353 e. The van der Waals surface area contributed by atoms with Crippen LogP contribution in [0.2, 0.25) is 0 Å². The van der Waals surface area contributed by atoms with Crippen LogP contribution in [0.15, 0.2) is 41.3 Å². The molecular formula is C17H20BrN3O. The maximum absolute atomic E-state index is 11.5. The molecule has 3 rings (SSSR count). The van der Waals surface area contributed by atoms with E-state index in [0.717, 1.165) is 29.4 Å². The molecule has 1 aliphatic rings. The van der Waals surface area contributed by atoms with Gasteiger partial charge in [0.15, 0.2) is 0 Å². The number of imidazole rings is 1. The third kappa shape index (κ3) is 3.24. The Bertz CT molecular complexity index is 650. The van der Waals surface area contributed by atoms with Crippen molar-refractivity contribution < 1.29 is 4.79 Å². The van der Waals surface area contributed by atoms with E-state index >= 15 is 0 Å². The van der Waals surface area contributed by atoms with Crippen LogP contribution in [0.3, 0.4) is 0 Å². The van der Waals surface area contributed by atoms with Gasteiger partial charge in [0.05, 0.1) is 18.2 Å². The molecule has 2 atom stereocenters. The molecule has 4 nitrogen and oxygen atoms in total. The average molecular weight is 362 g/mol. The van der Waals surface area contributed by atoms with E-state index in [1.54, 1.807) is 0 Å². The van der Waals surface area contributed by atoms with E-state index in [2.05, 4.69) is 42.9 Å². The number of carbonyl (C=O) groups excluding carboxylic acids is 1. The van der Waals surface area contributed by atoms with Crippen LogP contribution < -0.4 is 5.32 Å². The SMILES string of the molecule is CCC(=O)NC1CCC(n2cncc2-c2ccc(Br)cc2)C1. The lowest BCUT2D eigenvalue weighted by atomic mass is 10.1. The fourth-order valence-corrected chi connectivity index (χ4v) is 3.38. The molecule has 1 aliphatic carbocycles. The number of aromatic nitrogens is 2. The number of halogens is 1. The van der Waals surface area contributed by atoms with E-state index < -0.39 is 0 Å². The molecule has 0 saturated heterocycles. The first kappa shape index (κ1) is 15.3. The summed E-state index contributed by atoms with van der Waals surface area (Å²) in [6.07, 6.45) is 7.47. The maximum atomic E-state index is 11.5. The second-order valence-electron chi connectivity index (χ2n) is 5.78.